The lowest BCUT2D eigenvalue weighted by molar-refractivity contribution is 0.440. The van der Waals surface area contributed by atoms with Crippen LogP contribution in [0.5, 0.6) is 11.8 Å². The van der Waals surface area contributed by atoms with E-state index >= 15 is 0 Å². The van der Waals surface area contributed by atoms with Gasteiger partial charge in [0.2, 0.25) is 11.2 Å². The molecule has 6 nitrogen and oxygen atoms in total. The quantitative estimate of drug-likeness (QED) is 0.702. The van der Waals surface area contributed by atoms with Gasteiger partial charge in [-0.3, -0.25) is 0 Å². The monoisotopic (exact) mass is 371 g/mol. The average Bonchev–Trinajstić information content (AvgIpc) is 2.58. The van der Waals surface area contributed by atoms with Crippen LogP contribution in [0.25, 0.3) is 0 Å². The summed E-state index contributed by atoms with van der Waals surface area (Å²) in [5.74, 6) is 0.627. The molecule has 0 radical (unpaired) electrons. The van der Waals surface area contributed by atoms with E-state index in [1.54, 1.807) is 36.4 Å². The number of rotatable bonds is 4. The number of aryl methyl sites for hydroxylation is 1. The number of nitrogens with one attached hydrogen (secondary N) is 1. The molecule has 0 bridgehead atoms. The van der Waals surface area contributed by atoms with Crippen molar-refractivity contribution in [1.82, 2.24) is 15.0 Å². The van der Waals surface area contributed by atoms with E-state index in [2.05, 4.69) is 26.3 Å². The molecule has 1 aromatic heterocycles. The number of benzene rings is 2. The molecule has 3 rings (SSSR count). The van der Waals surface area contributed by atoms with Gasteiger partial charge < -0.3 is 10.1 Å². The molecule has 3 aromatic rings. The van der Waals surface area contributed by atoms with Crippen LogP contribution in [-0.4, -0.2) is 15.0 Å². The Kier molecular flexibility index (Phi) is 4.98. The van der Waals surface area contributed by atoms with Crippen LogP contribution in [0.1, 0.15) is 11.1 Å². The number of nitrogens with zero attached hydrogens (tertiary/aromatic N) is 4. The molecule has 0 fully saturated rings. The number of anilines is 2. The largest absolute Gasteiger partial charge is 0.423 e. The number of nitriles is 1. The summed E-state index contributed by atoms with van der Waals surface area (Å²) in [6, 6.07) is 14.2. The molecule has 0 unspecified atom stereocenters. The second-order valence-electron chi connectivity index (χ2n) is 5.06. The van der Waals surface area contributed by atoms with E-state index in [1.807, 2.05) is 13.0 Å². The zero-order valence-corrected chi connectivity index (χ0v) is 14.5. The molecule has 0 atom stereocenters. The van der Waals surface area contributed by atoms with Crippen molar-refractivity contribution >= 4 is 34.8 Å². The first kappa shape index (κ1) is 17.0. The first-order chi connectivity index (χ1) is 12.0. The molecule has 0 aliphatic carbocycles. The maximum Gasteiger partial charge on any atom is 0.328 e. The van der Waals surface area contributed by atoms with Crippen molar-refractivity contribution < 1.29 is 4.74 Å². The maximum absolute atomic E-state index is 8.82. The standard InChI is InChI=1S/C17H11Cl2N5O/c1-10-2-7-14(13(18)8-10)25-17-23-15(19)22-16(24-17)21-12-5-3-11(9-20)4-6-12/h2-8H,1H3,(H,21,22,23,24). The summed E-state index contributed by atoms with van der Waals surface area (Å²) in [5.41, 5.74) is 2.26. The van der Waals surface area contributed by atoms with Crippen molar-refractivity contribution in [2.45, 2.75) is 6.92 Å². The molecule has 1 heterocycles. The molecular formula is C17H11Cl2N5O. The summed E-state index contributed by atoms with van der Waals surface area (Å²) in [5, 5.41) is 12.2. The highest BCUT2D eigenvalue weighted by molar-refractivity contribution is 6.32. The third kappa shape index (κ3) is 4.35. The lowest BCUT2D eigenvalue weighted by Gasteiger charge is -2.09. The van der Waals surface area contributed by atoms with E-state index < -0.39 is 0 Å². The van der Waals surface area contributed by atoms with E-state index in [9.17, 15) is 0 Å². The molecule has 0 aliphatic heterocycles. The molecule has 1 N–H and O–H groups in total. The van der Waals surface area contributed by atoms with E-state index in [0.29, 0.717) is 22.0 Å². The van der Waals surface area contributed by atoms with E-state index in [-0.39, 0.29) is 17.2 Å². The predicted octanol–water partition coefficient (Wildman–Crippen LogP) is 4.89. The smallest absolute Gasteiger partial charge is 0.328 e. The molecule has 8 heteroatoms. The van der Waals surface area contributed by atoms with Crippen LogP contribution in [0.15, 0.2) is 42.5 Å². The number of hydrogen-bond donors (Lipinski definition) is 1. The molecule has 0 saturated carbocycles. The van der Waals surface area contributed by atoms with Gasteiger partial charge >= 0.3 is 6.01 Å². The highest BCUT2D eigenvalue weighted by Gasteiger charge is 2.10. The lowest BCUT2D eigenvalue weighted by Crippen LogP contribution is -2.02. The zero-order chi connectivity index (χ0) is 17.8. The van der Waals surface area contributed by atoms with Gasteiger partial charge in [0.05, 0.1) is 16.7 Å². The van der Waals surface area contributed by atoms with Crippen LogP contribution < -0.4 is 10.1 Å². The van der Waals surface area contributed by atoms with Crippen LogP contribution in [0.3, 0.4) is 0 Å². The van der Waals surface area contributed by atoms with Crippen molar-refractivity contribution in [2.24, 2.45) is 0 Å². The molecular weight excluding hydrogens is 361 g/mol. The fourth-order valence-electron chi connectivity index (χ4n) is 1.98. The normalized spacial score (nSPS) is 10.2. The first-order valence-corrected chi connectivity index (χ1v) is 7.92. The van der Waals surface area contributed by atoms with Crippen LogP contribution in [0.4, 0.5) is 11.6 Å². The highest BCUT2D eigenvalue weighted by Crippen LogP contribution is 2.29. The van der Waals surface area contributed by atoms with E-state index in [1.165, 1.54) is 0 Å². The Morgan fingerprint density at radius 3 is 2.48 bits per heavy atom. The minimum absolute atomic E-state index is 0.0156. The summed E-state index contributed by atoms with van der Waals surface area (Å²) in [4.78, 5) is 12.1. The topological polar surface area (TPSA) is 83.7 Å². The summed E-state index contributed by atoms with van der Waals surface area (Å²) in [7, 11) is 0. The maximum atomic E-state index is 8.82. The number of hydrogen-bond acceptors (Lipinski definition) is 6. The van der Waals surface area contributed by atoms with Gasteiger partial charge in [-0.05, 0) is 60.5 Å². The molecule has 25 heavy (non-hydrogen) atoms. The Bertz CT molecular complexity index is 954. The predicted molar refractivity (Wildman–Crippen MR) is 95.5 cm³/mol. The van der Waals surface area contributed by atoms with Gasteiger partial charge in [-0.2, -0.15) is 20.2 Å². The Morgan fingerprint density at radius 1 is 1.04 bits per heavy atom. The van der Waals surface area contributed by atoms with Gasteiger partial charge in [-0.1, -0.05) is 17.7 Å². The Hall–Kier alpha value is -2.88. The van der Waals surface area contributed by atoms with Crippen molar-refractivity contribution in [1.29, 1.82) is 5.26 Å². The molecule has 0 spiro atoms. The second kappa shape index (κ2) is 7.34. The first-order valence-electron chi connectivity index (χ1n) is 7.16. The SMILES string of the molecule is Cc1ccc(Oc2nc(Cl)nc(Nc3ccc(C#N)cc3)n2)c(Cl)c1. The summed E-state index contributed by atoms with van der Waals surface area (Å²) < 4.78 is 5.60. The Balaban J connectivity index is 1.83. The van der Waals surface area contributed by atoms with Crippen molar-refractivity contribution in [3.63, 3.8) is 0 Å². The van der Waals surface area contributed by atoms with E-state index in [4.69, 9.17) is 33.2 Å². The number of ether oxygens (including phenoxy) is 1. The Morgan fingerprint density at radius 2 is 1.80 bits per heavy atom. The van der Waals surface area contributed by atoms with Gasteiger partial charge in [-0.15, -0.1) is 0 Å². The number of halogens is 2. The third-order valence-electron chi connectivity index (χ3n) is 3.15. The summed E-state index contributed by atoms with van der Waals surface area (Å²) in [6.45, 7) is 1.93. The molecule has 2 aromatic carbocycles. The zero-order valence-electron chi connectivity index (χ0n) is 13.0. The van der Waals surface area contributed by atoms with Crippen molar-refractivity contribution in [3.8, 4) is 17.8 Å². The van der Waals surface area contributed by atoms with Crippen molar-refractivity contribution in [2.75, 3.05) is 5.32 Å². The van der Waals surface area contributed by atoms with Gasteiger partial charge in [0, 0.05) is 5.69 Å². The summed E-state index contributed by atoms with van der Waals surface area (Å²) >= 11 is 12.1. The summed E-state index contributed by atoms with van der Waals surface area (Å²) in [6.07, 6.45) is 0. The van der Waals surface area contributed by atoms with Gasteiger partial charge in [0.15, 0.2) is 0 Å². The fourth-order valence-corrected chi connectivity index (χ4v) is 2.40. The number of aromatic nitrogens is 3. The van der Waals surface area contributed by atoms with Crippen LogP contribution >= 0.6 is 23.2 Å². The molecule has 0 saturated heterocycles. The highest BCUT2D eigenvalue weighted by atomic mass is 35.5. The second-order valence-corrected chi connectivity index (χ2v) is 5.81. The fraction of sp³-hybridized carbons (Fsp3) is 0.0588. The third-order valence-corrected chi connectivity index (χ3v) is 3.61. The molecule has 0 aliphatic rings. The van der Waals surface area contributed by atoms with Crippen LogP contribution in [-0.2, 0) is 0 Å². The van der Waals surface area contributed by atoms with Crippen LogP contribution in [0.2, 0.25) is 10.3 Å². The average molecular weight is 372 g/mol. The van der Waals surface area contributed by atoms with E-state index in [0.717, 1.165) is 5.56 Å². The minimum atomic E-state index is -0.0237. The van der Waals surface area contributed by atoms with Crippen LogP contribution in [0, 0.1) is 18.3 Å². The van der Waals surface area contributed by atoms with Crippen molar-refractivity contribution in [3.05, 3.63) is 63.9 Å². The van der Waals surface area contributed by atoms with Gasteiger partial charge in [0.25, 0.3) is 0 Å². The molecule has 124 valence electrons. The molecule has 0 amide bonds. The van der Waals surface area contributed by atoms with Gasteiger partial charge in [-0.25, -0.2) is 0 Å². The van der Waals surface area contributed by atoms with Gasteiger partial charge in [0.1, 0.15) is 5.75 Å². The Labute approximate surface area is 154 Å². The lowest BCUT2D eigenvalue weighted by atomic mass is 10.2. The minimum Gasteiger partial charge on any atom is -0.423 e.